The molecule has 1 aliphatic rings. The van der Waals surface area contributed by atoms with Crippen molar-refractivity contribution < 1.29 is 9.32 Å². The topological polar surface area (TPSA) is 70.4 Å². The van der Waals surface area contributed by atoms with E-state index in [1.807, 2.05) is 6.07 Å². The summed E-state index contributed by atoms with van der Waals surface area (Å²) < 4.78 is 5.22. The first-order valence-corrected chi connectivity index (χ1v) is 9.67. The van der Waals surface area contributed by atoms with Crippen molar-refractivity contribution in [3.63, 3.8) is 0 Å². The molecule has 0 spiro atoms. The van der Waals surface area contributed by atoms with Crippen molar-refractivity contribution in [3.05, 3.63) is 47.7 Å². The predicted molar refractivity (Wildman–Crippen MR) is 107 cm³/mol. The van der Waals surface area contributed by atoms with E-state index in [4.69, 9.17) is 4.52 Å². The summed E-state index contributed by atoms with van der Waals surface area (Å²) in [6.07, 6.45) is 2.71. The monoisotopic (exact) mass is 370 g/mol. The van der Waals surface area contributed by atoms with Crippen molar-refractivity contribution >= 4 is 11.9 Å². The SMILES string of the molecule is CC(C)(C)Cc1cc(NC(=O)NC2CCN(Cc3ccccc3)CC2)on1. The summed E-state index contributed by atoms with van der Waals surface area (Å²) in [5, 5.41) is 9.83. The number of urea groups is 1. The van der Waals surface area contributed by atoms with E-state index in [0.717, 1.165) is 44.6 Å². The van der Waals surface area contributed by atoms with Crippen LogP contribution < -0.4 is 10.6 Å². The van der Waals surface area contributed by atoms with Crippen LogP contribution >= 0.6 is 0 Å². The molecule has 1 aromatic carbocycles. The number of likely N-dealkylation sites (tertiary alicyclic amines) is 1. The Hall–Kier alpha value is -2.34. The number of aromatic nitrogens is 1. The Bertz CT molecular complexity index is 728. The summed E-state index contributed by atoms with van der Waals surface area (Å²) >= 11 is 0. The molecule has 0 aliphatic carbocycles. The first-order valence-electron chi connectivity index (χ1n) is 9.67. The highest BCUT2D eigenvalue weighted by molar-refractivity contribution is 5.87. The second-order valence-corrected chi connectivity index (χ2v) is 8.55. The van der Waals surface area contributed by atoms with Crippen LogP contribution in [-0.4, -0.2) is 35.2 Å². The third-order valence-electron chi connectivity index (χ3n) is 4.68. The molecule has 3 rings (SSSR count). The zero-order chi connectivity index (χ0) is 19.3. The standard InChI is InChI=1S/C21H30N4O2/c1-21(2,3)14-18-13-19(27-24-18)23-20(26)22-17-9-11-25(12-10-17)15-16-7-5-4-6-8-16/h4-8,13,17H,9-12,14-15H2,1-3H3,(H2,22,23,26). The Balaban J connectivity index is 1.40. The highest BCUT2D eigenvalue weighted by Gasteiger charge is 2.21. The number of benzene rings is 1. The van der Waals surface area contributed by atoms with Gasteiger partial charge in [-0.25, -0.2) is 4.79 Å². The molecule has 1 aromatic heterocycles. The first-order chi connectivity index (χ1) is 12.9. The average molecular weight is 370 g/mol. The van der Waals surface area contributed by atoms with Gasteiger partial charge in [0.05, 0.1) is 5.69 Å². The smallest absolute Gasteiger partial charge is 0.321 e. The minimum atomic E-state index is -0.227. The van der Waals surface area contributed by atoms with Crippen LogP contribution in [0.15, 0.2) is 40.9 Å². The molecule has 2 N–H and O–H groups in total. The molecule has 0 atom stereocenters. The Labute approximate surface area is 161 Å². The van der Waals surface area contributed by atoms with Crippen molar-refractivity contribution in [3.8, 4) is 0 Å². The quantitative estimate of drug-likeness (QED) is 0.833. The van der Waals surface area contributed by atoms with Gasteiger partial charge in [-0.15, -0.1) is 0 Å². The second-order valence-electron chi connectivity index (χ2n) is 8.55. The molecule has 0 unspecified atom stereocenters. The second kappa shape index (κ2) is 8.57. The molecule has 2 heterocycles. The van der Waals surface area contributed by atoms with Crippen molar-refractivity contribution in [1.82, 2.24) is 15.4 Å². The highest BCUT2D eigenvalue weighted by Crippen LogP contribution is 2.22. The van der Waals surface area contributed by atoms with Gasteiger partial charge in [-0.05, 0) is 30.2 Å². The number of anilines is 1. The molecule has 0 saturated carbocycles. The fraction of sp³-hybridized carbons (Fsp3) is 0.524. The van der Waals surface area contributed by atoms with E-state index in [1.54, 1.807) is 6.07 Å². The maximum atomic E-state index is 12.2. The summed E-state index contributed by atoms with van der Waals surface area (Å²) in [6.45, 7) is 9.37. The van der Waals surface area contributed by atoms with Gasteiger partial charge in [0.2, 0.25) is 5.88 Å². The van der Waals surface area contributed by atoms with E-state index >= 15 is 0 Å². The molecule has 6 nitrogen and oxygen atoms in total. The lowest BCUT2D eigenvalue weighted by Crippen LogP contribution is -2.45. The molecule has 27 heavy (non-hydrogen) atoms. The third kappa shape index (κ3) is 6.40. The summed E-state index contributed by atoms with van der Waals surface area (Å²) in [5.41, 5.74) is 2.31. The lowest BCUT2D eigenvalue weighted by molar-refractivity contribution is 0.189. The molecule has 146 valence electrons. The van der Waals surface area contributed by atoms with Crippen LogP contribution in [0.1, 0.15) is 44.9 Å². The molecule has 6 heteroatoms. The predicted octanol–water partition coefficient (Wildman–Crippen LogP) is 4.05. The van der Waals surface area contributed by atoms with Gasteiger partial charge >= 0.3 is 6.03 Å². The van der Waals surface area contributed by atoms with Crippen molar-refractivity contribution in [2.45, 2.75) is 52.6 Å². The Morgan fingerprint density at radius 1 is 1.22 bits per heavy atom. The minimum Gasteiger partial charge on any atom is -0.338 e. The zero-order valence-electron chi connectivity index (χ0n) is 16.5. The maximum Gasteiger partial charge on any atom is 0.321 e. The number of piperidine rings is 1. The largest absolute Gasteiger partial charge is 0.338 e. The van der Waals surface area contributed by atoms with Crippen LogP contribution in [0.25, 0.3) is 0 Å². The molecule has 1 fully saturated rings. The molecule has 2 amide bonds. The Morgan fingerprint density at radius 3 is 2.59 bits per heavy atom. The van der Waals surface area contributed by atoms with E-state index < -0.39 is 0 Å². The van der Waals surface area contributed by atoms with Gasteiger partial charge in [-0.1, -0.05) is 56.3 Å². The fourth-order valence-electron chi connectivity index (χ4n) is 3.41. The van der Waals surface area contributed by atoms with Gasteiger partial charge in [-0.3, -0.25) is 10.2 Å². The summed E-state index contributed by atoms with van der Waals surface area (Å²) in [7, 11) is 0. The first kappa shape index (κ1) is 19.4. The number of hydrogen-bond donors (Lipinski definition) is 2. The number of carbonyl (C=O) groups excluding carboxylic acids is 1. The van der Waals surface area contributed by atoms with Crippen LogP contribution in [0.4, 0.5) is 10.7 Å². The van der Waals surface area contributed by atoms with Crippen LogP contribution in [0.2, 0.25) is 0 Å². The van der Waals surface area contributed by atoms with E-state index in [2.05, 4.69) is 65.7 Å². The van der Waals surface area contributed by atoms with Crippen molar-refractivity contribution in [2.75, 3.05) is 18.4 Å². The van der Waals surface area contributed by atoms with Crippen LogP contribution in [0, 0.1) is 5.41 Å². The molecular formula is C21H30N4O2. The van der Waals surface area contributed by atoms with Crippen molar-refractivity contribution in [2.24, 2.45) is 5.41 Å². The van der Waals surface area contributed by atoms with Gasteiger partial charge in [0.1, 0.15) is 0 Å². The van der Waals surface area contributed by atoms with E-state index in [1.165, 1.54) is 5.56 Å². The van der Waals surface area contributed by atoms with Gasteiger partial charge in [0.15, 0.2) is 0 Å². The Morgan fingerprint density at radius 2 is 1.93 bits per heavy atom. The average Bonchev–Trinajstić information content (AvgIpc) is 3.02. The molecular weight excluding hydrogens is 340 g/mol. The lowest BCUT2D eigenvalue weighted by Gasteiger charge is -2.32. The Kier molecular flexibility index (Phi) is 6.16. The van der Waals surface area contributed by atoms with E-state index in [9.17, 15) is 4.79 Å². The highest BCUT2D eigenvalue weighted by atomic mass is 16.5. The zero-order valence-corrected chi connectivity index (χ0v) is 16.5. The van der Waals surface area contributed by atoms with E-state index in [-0.39, 0.29) is 17.5 Å². The number of hydrogen-bond acceptors (Lipinski definition) is 4. The van der Waals surface area contributed by atoms with Crippen molar-refractivity contribution in [1.29, 1.82) is 0 Å². The summed E-state index contributed by atoms with van der Waals surface area (Å²) in [4.78, 5) is 14.7. The number of nitrogens with one attached hydrogen (secondary N) is 2. The van der Waals surface area contributed by atoms with E-state index in [0.29, 0.717) is 5.88 Å². The summed E-state index contributed by atoms with van der Waals surface area (Å²) in [6, 6.07) is 12.3. The fourth-order valence-corrected chi connectivity index (χ4v) is 3.41. The minimum absolute atomic E-state index is 0.129. The maximum absolute atomic E-state index is 12.2. The number of amides is 2. The van der Waals surface area contributed by atoms with Gasteiger partial charge in [0.25, 0.3) is 0 Å². The molecule has 0 radical (unpaired) electrons. The molecule has 2 aromatic rings. The summed E-state index contributed by atoms with van der Waals surface area (Å²) in [5.74, 6) is 0.397. The van der Waals surface area contributed by atoms with Crippen LogP contribution in [0.5, 0.6) is 0 Å². The van der Waals surface area contributed by atoms with Gasteiger partial charge in [0, 0.05) is 31.7 Å². The number of rotatable bonds is 5. The molecule has 0 bridgehead atoms. The number of carbonyl (C=O) groups is 1. The van der Waals surface area contributed by atoms with Crippen LogP contribution in [0.3, 0.4) is 0 Å². The van der Waals surface area contributed by atoms with Gasteiger partial charge < -0.3 is 9.84 Å². The lowest BCUT2D eigenvalue weighted by atomic mass is 9.91. The molecule has 1 saturated heterocycles. The van der Waals surface area contributed by atoms with Crippen LogP contribution in [-0.2, 0) is 13.0 Å². The molecule has 1 aliphatic heterocycles. The third-order valence-corrected chi connectivity index (χ3v) is 4.68. The number of nitrogens with zero attached hydrogens (tertiary/aromatic N) is 2. The normalized spacial score (nSPS) is 16.3. The van der Waals surface area contributed by atoms with Gasteiger partial charge in [-0.2, -0.15) is 0 Å².